The van der Waals surface area contributed by atoms with Crippen LogP contribution in [0.15, 0.2) is 60.7 Å². The highest BCUT2D eigenvalue weighted by atomic mass is 35.5. The van der Waals surface area contributed by atoms with Crippen molar-refractivity contribution in [2.45, 2.75) is 63.3 Å². The highest BCUT2D eigenvalue weighted by Crippen LogP contribution is 2.42. The number of hydrogen-bond donors (Lipinski definition) is 0. The number of carbonyl (C=O) groups is 1. The van der Waals surface area contributed by atoms with E-state index in [4.69, 9.17) is 19.4 Å². The molecule has 2 aromatic carbocycles. The second kappa shape index (κ2) is 15.7. The first-order valence-electron chi connectivity index (χ1n) is 16.0. The highest BCUT2D eigenvalue weighted by molar-refractivity contribution is 5.85. The van der Waals surface area contributed by atoms with E-state index in [9.17, 15) is 4.79 Å². The maximum atomic E-state index is 13.1. The molecule has 46 heavy (non-hydrogen) atoms. The number of piperazine rings is 2. The van der Waals surface area contributed by atoms with Gasteiger partial charge in [0.05, 0.1) is 18.8 Å². The number of urea groups is 1. The van der Waals surface area contributed by atoms with Crippen LogP contribution in [0.25, 0.3) is 0 Å². The van der Waals surface area contributed by atoms with Crippen LogP contribution in [0.2, 0.25) is 0 Å². The first kappa shape index (κ1) is 35.7. The average molecular weight is 672 g/mol. The lowest BCUT2D eigenvalue weighted by atomic mass is 9.81. The molecule has 2 unspecified atom stereocenters. The molecule has 9 nitrogen and oxygen atoms in total. The molecule has 2 saturated heterocycles. The zero-order chi connectivity index (χ0) is 30.8. The van der Waals surface area contributed by atoms with E-state index in [2.05, 4.69) is 70.5 Å². The van der Waals surface area contributed by atoms with Crippen molar-refractivity contribution in [3.05, 3.63) is 83.2 Å². The summed E-state index contributed by atoms with van der Waals surface area (Å²) >= 11 is 0. The minimum absolute atomic E-state index is 0. The molecule has 1 aliphatic carbocycles. The second-order valence-corrected chi connectivity index (χ2v) is 12.9. The lowest BCUT2D eigenvalue weighted by molar-refractivity contribution is -0.0271. The van der Waals surface area contributed by atoms with Gasteiger partial charge >= 0.3 is 6.03 Å². The summed E-state index contributed by atoms with van der Waals surface area (Å²) in [4.78, 5) is 31.7. The number of ether oxygens (including phenoxy) is 2. The summed E-state index contributed by atoms with van der Waals surface area (Å²) in [5.74, 6) is 2.61. The maximum absolute atomic E-state index is 13.1. The summed E-state index contributed by atoms with van der Waals surface area (Å²) < 4.78 is 12.2. The standard InChI is InChI=1S/C35H46N6O3.2ClH/c1-24(2)44-34-29(33(43-5)36-32(37-34)27-16-17-27)22-39-20-28-21-40(35(42)38(3)4)18-19-41(28)30(23-39)31(25-12-8-6-9-13-25)26-14-10-7-11-15-26;;/h6-15,24,27-28,30-31H,16-23H2,1-5H3;2*1H. The van der Waals surface area contributed by atoms with Gasteiger partial charge in [-0.3, -0.25) is 9.80 Å². The summed E-state index contributed by atoms with van der Waals surface area (Å²) in [6.07, 6.45) is 2.20. The Morgan fingerprint density at radius 3 is 2.04 bits per heavy atom. The number of hydrogen-bond acceptors (Lipinski definition) is 7. The molecular weight excluding hydrogens is 623 g/mol. The number of aromatic nitrogens is 2. The van der Waals surface area contributed by atoms with Crippen LogP contribution in [-0.4, -0.2) is 108 Å². The van der Waals surface area contributed by atoms with Crippen LogP contribution in [0.3, 0.4) is 0 Å². The molecule has 11 heteroatoms. The fraction of sp³-hybridized carbons (Fsp3) is 0.514. The van der Waals surface area contributed by atoms with Crippen LogP contribution in [-0.2, 0) is 6.54 Å². The fourth-order valence-corrected chi connectivity index (χ4v) is 6.88. The van der Waals surface area contributed by atoms with Crippen molar-refractivity contribution in [3.8, 4) is 11.8 Å². The molecule has 6 rings (SSSR count). The van der Waals surface area contributed by atoms with Crippen LogP contribution < -0.4 is 9.47 Å². The molecule has 2 atom stereocenters. The third-order valence-corrected chi connectivity index (χ3v) is 9.04. The van der Waals surface area contributed by atoms with Crippen LogP contribution in [0.5, 0.6) is 11.8 Å². The molecule has 250 valence electrons. The largest absolute Gasteiger partial charge is 0.481 e. The molecule has 0 spiro atoms. The first-order valence-corrected chi connectivity index (χ1v) is 16.0. The van der Waals surface area contributed by atoms with Crippen molar-refractivity contribution in [1.82, 2.24) is 29.6 Å². The van der Waals surface area contributed by atoms with E-state index in [1.54, 1.807) is 12.0 Å². The fourth-order valence-electron chi connectivity index (χ4n) is 6.88. The van der Waals surface area contributed by atoms with Gasteiger partial charge in [-0.2, -0.15) is 9.97 Å². The minimum Gasteiger partial charge on any atom is -0.481 e. The van der Waals surface area contributed by atoms with Gasteiger partial charge in [0.1, 0.15) is 5.82 Å². The SMILES string of the molecule is COc1nc(C2CC2)nc(OC(C)C)c1CN1CC2CN(C(=O)N(C)C)CCN2C(C(c2ccccc2)c2ccccc2)C1.Cl.Cl. The summed E-state index contributed by atoms with van der Waals surface area (Å²) in [6.45, 7) is 8.58. The molecule has 0 radical (unpaired) electrons. The Kier molecular flexibility index (Phi) is 12.2. The Labute approximate surface area is 286 Å². The van der Waals surface area contributed by atoms with Gasteiger partial charge in [0, 0.05) is 77.3 Å². The molecule has 0 bridgehead atoms. The number of fused-ring (bicyclic) bond motifs is 1. The molecular formula is C35H48Cl2N6O3. The van der Waals surface area contributed by atoms with Crippen molar-refractivity contribution in [2.24, 2.45) is 0 Å². The monoisotopic (exact) mass is 670 g/mol. The van der Waals surface area contributed by atoms with Crippen molar-refractivity contribution in [2.75, 3.05) is 53.9 Å². The number of benzene rings is 2. The van der Waals surface area contributed by atoms with Crippen LogP contribution >= 0.6 is 24.8 Å². The Morgan fingerprint density at radius 1 is 0.891 bits per heavy atom. The van der Waals surface area contributed by atoms with E-state index in [1.165, 1.54) is 11.1 Å². The Hall–Kier alpha value is -3.11. The van der Waals surface area contributed by atoms with E-state index in [-0.39, 0.29) is 55.0 Å². The molecule has 1 saturated carbocycles. The lowest BCUT2D eigenvalue weighted by Gasteiger charge is -2.53. The van der Waals surface area contributed by atoms with E-state index in [1.807, 2.05) is 32.8 Å². The van der Waals surface area contributed by atoms with E-state index in [0.717, 1.165) is 50.4 Å². The topological polar surface area (TPSA) is 74.3 Å². The van der Waals surface area contributed by atoms with Gasteiger partial charge in [-0.15, -0.1) is 24.8 Å². The van der Waals surface area contributed by atoms with Crippen molar-refractivity contribution in [1.29, 1.82) is 0 Å². The van der Waals surface area contributed by atoms with Gasteiger partial charge < -0.3 is 19.3 Å². The molecule has 3 fully saturated rings. The zero-order valence-electron chi connectivity index (χ0n) is 27.5. The van der Waals surface area contributed by atoms with Crippen molar-refractivity contribution >= 4 is 30.8 Å². The third-order valence-electron chi connectivity index (χ3n) is 9.04. The molecule has 2 aliphatic heterocycles. The number of carbonyl (C=O) groups excluding carboxylic acids is 1. The van der Waals surface area contributed by atoms with Gasteiger partial charge in [-0.1, -0.05) is 60.7 Å². The maximum Gasteiger partial charge on any atom is 0.319 e. The summed E-state index contributed by atoms with van der Waals surface area (Å²) in [7, 11) is 5.35. The number of halogens is 2. The van der Waals surface area contributed by atoms with Gasteiger partial charge in [0.25, 0.3) is 0 Å². The molecule has 3 heterocycles. The zero-order valence-corrected chi connectivity index (χ0v) is 29.2. The highest BCUT2D eigenvalue weighted by Gasteiger charge is 2.43. The van der Waals surface area contributed by atoms with Crippen LogP contribution in [0, 0.1) is 0 Å². The van der Waals surface area contributed by atoms with Crippen molar-refractivity contribution < 1.29 is 14.3 Å². The van der Waals surface area contributed by atoms with Gasteiger partial charge in [0.2, 0.25) is 11.8 Å². The van der Waals surface area contributed by atoms with E-state index >= 15 is 0 Å². The molecule has 0 N–H and O–H groups in total. The van der Waals surface area contributed by atoms with Gasteiger partial charge in [-0.25, -0.2) is 4.79 Å². The van der Waals surface area contributed by atoms with Gasteiger partial charge in [-0.05, 0) is 37.8 Å². The Bertz CT molecular complexity index is 1390. The minimum atomic E-state index is -0.0190. The van der Waals surface area contributed by atoms with Crippen LogP contribution in [0.4, 0.5) is 4.79 Å². The van der Waals surface area contributed by atoms with Gasteiger partial charge in [0.15, 0.2) is 0 Å². The smallest absolute Gasteiger partial charge is 0.319 e. The molecule has 2 amide bonds. The molecule has 1 aromatic heterocycles. The number of rotatable bonds is 9. The summed E-state index contributed by atoms with van der Waals surface area (Å²) in [6, 6.07) is 22.1. The first-order chi connectivity index (χ1) is 21.3. The predicted molar refractivity (Wildman–Crippen MR) is 186 cm³/mol. The normalized spacial score (nSPS) is 20.0. The van der Waals surface area contributed by atoms with Crippen LogP contribution in [0.1, 0.15) is 61.0 Å². The number of amides is 2. The van der Waals surface area contributed by atoms with E-state index < -0.39 is 0 Å². The summed E-state index contributed by atoms with van der Waals surface area (Å²) in [5, 5.41) is 0. The summed E-state index contributed by atoms with van der Waals surface area (Å²) in [5.41, 5.74) is 3.50. The lowest BCUT2D eigenvalue weighted by Crippen LogP contribution is -2.67. The molecule has 3 aromatic rings. The van der Waals surface area contributed by atoms with E-state index in [0.29, 0.717) is 30.8 Å². The predicted octanol–water partition coefficient (Wildman–Crippen LogP) is 5.68. The quantitative estimate of drug-likeness (QED) is 0.290. The third kappa shape index (κ3) is 7.88. The average Bonchev–Trinajstić information content (AvgIpc) is 3.88. The number of methoxy groups -OCH3 is 1. The second-order valence-electron chi connectivity index (χ2n) is 12.9. The van der Waals surface area contributed by atoms with Crippen molar-refractivity contribution in [3.63, 3.8) is 0 Å². The molecule has 3 aliphatic rings. The Morgan fingerprint density at radius 2 is 1.50 bits per heavy atom. The number of nitrogens with zero attached hydrogens (tertiary/aromatic N) is 6. The Balaban J connectivity index is 0.00000240.